The van der Waals surface area contributed by atoms with Crippen molar-refractivity contribution >= 4 is 23.2 Å². The van der Waals surface area contributed by atoms with Crippen LogP contribution in [0.2, 0.25) is 0 Å². The van der Waals surface area contributed by atoms with Crippen LogP contribution in [0.1, 0.15) is 17.8 Å². The molecule has 3 rings (SSSR count). The predicted octanol–water partition coefficient (Wildman–Crippen LogP) is 2.57. The number of aromatic nitrogens is 1. The summed E-state index contributed by atoms with van der Waals surface area (Å²) in [5.41, 5.74) is 1.47. The van der Waals surface area contributed by atoms with Gasteiger partial charge in [0.1, 0.15) is 16.9 Å². The van der Waals surface area contributed by atoms with Crippen molar-refractivity contribution in [2.24, 2.45) is 0 Å². The second-order valence-corrected chi connectivity index (χ2v) is 6.34. The highest BCUT2D eigenvalue weighted by molar-refractivity contribution is 7.10. The SMILES string of the molecule is O=C(O)[C@H]1CCCN1C(=O)Cc1nc(-c2ccc(F)cc2)cs1. The average Bonchev–Trinajstić information content (AvgIpc) is 3.16. The van der Waals surface area contributed by atoms with Crippen molar-refractivity contribution in [3.63, 3.8) is 0 Å². The summed E-state index contributed by atoms with van der Waals surface area (Å²) in [5.74, 6) is -1.48. The molecule has 2 heterocycles. The molecular formula is C16H15FN2O3S. The maximum atomic E-state index is 12.9. The molecule has 7 heteroatoms. The summed E-state index contributed by atoms with van der Waals surface area (Å²) < 4.78 is 12.9. The van der Waals surface area contributed by atoms with Gasteiger partial charge in [0.25, 0.3) is 0 Å². The monoisotopic (exact) mass is 334 g/mol. The van der Waals surface area contributed by atoms with Gasteiger partial charge < -0.3 is 10.0 Å². The van der Waals surface area contributed by atoms with Crippen LogP contribution in [-0.2, 0) is 16.0 Å². The molecule has 0 bridgehead atoms. The van der Waals surface area contributed by atoms with E-state index >= 15 is 0 Å². The molecule has 0 radical (unpaired) electrons. The van der Waals surface area contributed by atoms with Crippen LogP contribution in [-0.4, -0.2) is 39.5 Å². The minimum Gasteiger partial charge on any atom is -0.480 e. The van der Waals surface area contributed by atoms with Crippen LogP contribution in [0.15, 0.2) is 29.6 Å². The van der Waals surface area contributed by atoms with Crippen molar-refractivity contribution in [1.29, 1.82) is 0 Å². The molecule has 1 aliphatic rings. The molecule has 1 N–H and O–H groups in total. The van der Waals surface area contributed by atoms with Gasteiger partial charge in [-0.3, -0.25) is 4.79 Å². The van der Waals surface area contributed by atoms with Crippen molar-refractivity contribution in [2.75, 3.05) is 6.54 Å². The molecule has 5 nitrogen and oxygen atoms in total. The number of carboxylic acids is 1. The van der Waals surface area contributed by atoms with Gasteiger partial charge in [-0.15, -0.1) is 11.3 Å². The number of carbonyl (C=O) groups is 2. The normalized spacial score (nSPS) is 17.4. The number of halogens is 1. The van der Waals surface area contributed by atoms with Gasteiger partial charge in [-0.1, -0.05) is 0 Å². The third-order valence-electron chi connectivity index (χ3n) is 3.85. The lowest BCUT2D eigenvalue weighted by Crippen LogP contribution is -2.41. The first kappa shape index (κ1) is 15.6. The number of nitrogens with zero attached hydrogens (tertiary/aromatic N) is 2. The number of hydrogen-bond donors (Lipinski definition) is 1. The van der Waals surface area contributed by atoms with Crippen molar-refractivity contribution in [3.8, 4) is 11.3 Å². The first-order chi connectivity index (χ1) is 11.0. The van der Waals surface area contributed by atoms with E-state index in [1.54, 1.807) is 12.1 Å². The smallest absolute Gasteiger partial charge is 0.326 e. The standard InChI is InChI=1S/C16H15FN2O3S/c17-11-5-3-10(4-6-11)12-9-23-14(18-12)8-15(20)19-7-1-2-13(19)16(21)22/h3-6,9,13H,1-2,7-8H2,(H,21,22)/t13-/m1/s1. The molecule has 1 fully saturated rings. The Kier molecular flexibility index (Phi) is 4.38. The number of hydrogen-bond acceptors (Lipinski definition) is 4. The van der Waals surface area contributed by atoms with Gasteiger partial charge in [0.15, 0.2) is 0 Å². The lowest BCUT2D eigenvalue weighted by atomic mass is 10.2. The molecule has 23 heavy (non-hydrogen) atoms. The third kappa shape index (κ3) is 3.39. The number of amides is 1. The molecule has 0 unspecified atom stereocenters. The van der Waals surface area contributed by atoms with Crippen LogP contribution in [0, 0.1) is 5.82 Å². The zero-order valence-corrected chi connectivity index (χ0v) is 13.1. The Morgan fingerprint density at radius 3 is 2.78 bits per heavy atom. The van der Waals surface area contributed by atoms with Gasteiger partial charge in [0.05, 0.1) is 12.1 Å². The molecule has 0 saturated carbocycles. The average molecular weight is 334 g/mol. The maximum absolute atomic E-state index is 12.9. The molecule has 1 aromatic carbocycles. The van der Waals surface area contributed by atoms with E-state index < -0.39 is 12.0 Å². The van der Waals surface area contributed by atoms with Crippen molar-refractivity contribution < 1.29 is 19.1 Å². The fourth-order valence-electron chi connectivity index (χ4n) is 2.70. The van der Waals surface area contributed by atoms with Crippen LogP contribution < -0.4 is 0 Å². The number of likely N-dealkylation sites (tertiary alicyclic amines) is 1. The van der Waals surface area contributed by atoms with Crippen molar-refractivity contribution in [1.82, 2.24) is 9.88 Å². The zero-order valence-electron chi connectivity index (χ0n) is 12.2. The van der Waals surface area contributed by atoms with Gasteiger partial charge in [-0.2, -0.15) is 0 Å². The van der Waals surface area contributed by atoms with E-state index in [4.69, 9.17) is 5.11 Å². The van der Waals surface area contributed by atoms with E-state index in [1.807, 2.05) is 5.38 Å². The van der Waals surface area contributed by atoms with Crippen LogP contribution in [0.4, 0.5) is 4.39 Å². The molecule has 2 aromatic rings. The Bertz CT molecular complexity index is 729. The van der Waals surface area contributed by atoms with E-state index in [2.05, 4.69) is 4.98 Å². The lowest BCUT2D eigenvalue weighted by molar-refractivity contribution is -0.148. The number of carboxylic acid groups (broad SMARTS) is 1. The Morgan fingerprint density at radius 2 is 2.09 bits per heavy atom. The molecule has 1 saturated heterocycles. The molecule has 1 atom stereocenters. The van der Waals surface area contributed by atoms with E-state index in [0.29, 0.717) is 30.1 Å². The highest BCUT2D eigenvalue weighted by Gasteiger charge is 2.34. The Balaban J connectivity index is 1.70. The minimum atomic E-state index is -0.956. The fourth-order valence-corrected chi connectivity index (χ4v) is 3.49. The molecule has 1 aromatic heterocycles. The van der Waals surface area contributed by atoms with E-state index in [1.165, 1.54) is 28.4 Å². The van der Waals surface area contributed by atoms with Gasteiger partial charge in [-0.05, 0) is 37.1 Å². The number of rotatable bonds is 4. The summed E-state index contributed by atoms with van der Waals surface area (Å²) in [4.78, 5) is 29.3. The quantitative estimate of drug-likeness (QED) is 0.933. The molecule has 0 aliphatic carbocycles. The van der Waals surface area contributed by atoms with Crippen LogP contribution >= 0.6 is 11.3 Å². The molecule has 120 valence electrons. The van der Waals surface area contributed by atoms with Gasteiger partial charge in [0.2, 0.25) is 5.91 Å². The maximum Gasteiger partial charge on any atom is 0.326 e. The topological polar surface area (TPSA) is 70.5 Å². The summed E-state index contributed by atoms with van der Waals surface area (Å²) in [6.07, 6.45) is 1.30. The summed E-state index contributed by atoms with van der Waals surface area (Å²) in [7, 11) is 0. The predicted molar refractivity (Wildman–Crippen MR) is 83.6 cm³/mol. The Labute approximate surface area is 136 Å². The summed E-state index contributed by atoms with van der Waals surface area (Å²) in [6.45, 7) is 0.478. The van der Waals surface area contributed by atoms with Crippen LogP contribution in [0.3, 0.4) is 0 Å². The van der Waals surface area contributed by atoms with Gasteiger partial charge >= 0.3 is 5.97 Å². The lowest BCUT2D eigenvalue weighted by Gasteiger charge is -2.20. The molecule has 0 spiro atoms. The van der Waals surface area contributed by atoms with Crippen LogP contribution in [0.25, 0.3) is 11.3 Å². The van der Waals surface area contributed by atoms with Gasteiger partial charge in [-0.25, -0.2) is 14.2 Å². The summed E-state index contributed by atoms with van der Waals surface area (Å²) >= 11 is 1.35. The molecule has 1 amide bonds. The van der Waals surface area contributed by atoms with E-state index in [9.17, 15) is 14.0 Å². The van der Waals surface area contributed by atoms with Gasteiger partial charge in [0, 0.05) is 17.5 Å². The number of carbonyl (C=O) groups excluding carboxylic acids is 1. The first-order valence-electron chi connectivity index (χ1n) is 7.27. The highest BCUT2D eigenvalue weighted by atomic mass is 32.1. The molecular weight excluding hydrogens is 319 g/mol. The van der Waals surface area contributed by atoms with E-state index in [-0.39, 0.29) is 18.1 Å². The fraction of sp³-hybridized carbons (Fsp3) is 0.312. The summed E-state index contributed by atoms with van der Waals surface area (Å²) in [5, 5.41) is 11.6. The van der Waals surface area contributed by atoms with Crippen LogP contribution in [0.5, 0.6) is 0 Å². The zero-order chi connectivity index (χ0) is 16.4. The number of thiazole rings is 1. The van der Waals surface area contributed by atoms with Crippen molar-refractivity contribution in [2.45, 2.75) is 25.3 Å². The van der Waals surface area contributed by atoms with Crippen molar-refractivity contribution in [3.05, 3.63) is 40.5 Å². The first-order valence-corrected chi connectivity index (χ1v) is 8.15. The largest absolute Gasteiger partial charge is 0.480 e. The molecule has 1 aliphatic heterocycles. The third-order valence-corrected chi connectivity index (χ3v) is 4.70. The Morgan fingerprint density at radius 1 is 1.35 bits per heavy atom. The second-order valence-electron chi connectivity index (χ2n) is 5.39. The number of aliphatic carboxylic acids is 1. The summed E-state index contributed by atoms with van der Waals surface area (Å²) in [6, 6.07) is 5.27. The Hall–Kier alpha value is -2.28. The number of benzene rings is 1. The highest BCUT2D eigenvalue weighted by Crippen LogP contribution is 2.24. The minimum absolute atomic E-state index is 0.0929. The second kappa shape index (κ2) is 6.45. The van der Waals surface area contributed by atoms with E-state index in [0.717, 1.165) is 5.56 Å².